The molecular formula is C15H22N2O3. The van der Waals surface area contributed by atoms with Gasteiger partial charge < -0.3 is 15.3 Å². The minimum Gasteiger partial charge on any atom is -0.481 e. The van der Waals surface area contributed by atoms with Gasteiger partial charge in [-0.25, -0.2) is 4.79 Å². The molecule has 110 valence electrons. The van der Waals surface area contributed by atoms with Crippen LogP contribution < -0.4 is 5.32 Å². The summed E-state index contributed by atoms with van der Waals surface area (Å²) >= 11 is 0. The molecule has 4 rings (SSSR count). The lowest BCUT2D eigenvalue weighted by atomic mass is 9.99. The lowest BCUT2D eigenvalue weighted by Crippen LogP contribution is -2.48. The Bertz CT molecular complexity index is 436. The predicted octanol–water partition coefficient (Wildman–Crippen LogP) is 1.54. The number of carboxylic acid groups (broad SMARTS) is 1. The zero-order chi connectivity index (χ0) is 13.9. The lowest BCUT2D eigenvalue weighted by molar-refractivity contribution is -0.143. The molecule has 4 fully saturated rings. The standard InChI is InChI=1S/C15H22N2O3/c18-14(19)10-2-1-5-17(7-10)15(20)16-13-11-8-3-4-9(6-8)12(11)13/h8-13H,1-7H2,(H,16,20)(H,18,19)/t8?,9?,10-,11?,12?,13?/m0/s1. The monoisotopic (exact) mass is 278 g/mol. The lowest BCUT2D eigenvalue weighted by Gasteiger charge is -2.31. The van der Waals surface area contributed by atoms with E-state index in [2.05, 4.69) is 5.32 Å². The molecule has 20 heavy (non-hydrogen) atoms. The van der Waals surface area contributed by atoms with E-state index in [0.29, 0.717) is 25.6 Å². The molecule has 1 saturated heterocycles. The van der Waals surface area contributed by atoms with Crippen LogP contribution in [0.15, 0.2) is 0 Å². The summed E-state index contributed by atoms with van der Waals surface area (Å²) in [6.45, 7) is 1.07. The number of carbonyl (C=O) groups is 2. The van der Waals surface area contributed by atoms with Gasteiger partial charge in [-0.1, -0.05) is 0 Å². The van der Waals surface area contributed by atoms with Crippen LogP contribution in [-0.4, -0.2) is 41.1 Å². The maximum atomic E-state index is 12.3. The molecule has 0 aromatic rings. The van der Waals surface area contributed by atoms with Crippen molar-refractivity contribution in [3.8, 4) is 0 Å². The van der Waals surface area contributed by atoms with Crippen LogP contribution in [-0.2, 0) is 4.79 Å². The Morgan fingerprint density at radius 1 is 1.10 bits per heavy atom. The summed E-state index contributed by atoms with van der Waals surface area (Å²) in [7, 11) is 0. The van der Waals surface area contributed by atoms with Gasteiger partial charge in [-0.05, 0) is 55.8 Å². The van der Waals surface area contributed by atoms with Gasteiger partial charge >= 0.3 is 12.0 Å². The van der Waals surface area contributed by atoms with Gasteiger partial charge in [-0.2, -0.15) is 0 Å². The number of hydrogen-bond donors (Lipinski definition) is 2. The Labute approximate surface area is 118 Å². The third-order valence-corrected chi connectivity index (χ3v) is 6.08. The first-order valence-corrected chi connectivity index (χ1v) is 7.93. The second-order valence-corrected chi connectivity index (χ2v) is 7.09. The fraction of sp³-hybridized carbons (Fsp3) is 0.867. The van der Waals surface area contributed by atoms with Gasteiger partial charge in [-0.15, -0.1) is 0 Å². The van der Waals surface area contributed by atoms with E-state index < -0.39 is 5.97 Å². The highest BCUT2D eigenvalue weighted by Gasteiger charge is 2.65. The summed E-state index contributed by atoms with van der Waals surface area (Å²) in [5.74, 6) is 2.01. The highest BCUT2D eigenvalue weighted by Crippen LogP contribution is 2.65. The molecule has 2 N–H and O–H groups in total. The topological polar surface area (TPSA) is 69.6 Å². The summed E-state index contributed by atoms with van der Waals surface area (Å²) in [6, 6.07) is 0.355. The molecule has 0 aromatic heterocycles. The highest BCUT2D eigenvalue weighted by atomic mass is 16.4. The Hall–Kier alpha value is -1.26. The highest BCUT2D eigenvalue weighted by molar-refractivity contribution is 5.77. The smallest absolute Gasteiger partial charge is 0.317 e. The molecule has 1 aliphatic heterocycles. The number of carboxylic acids is 1. The molecule has 5 atom stereocenters. The number of nitrogens with zero attached hydrogens (tertiary/aromatic N) is 1. The molecule has 3 saturated carbocycles. The van der Waals surface area contributed by atoms with Gasteiger partial charge in [0.05, 0.1) is 5.92 Å². The van der Waals surface area contributed by atoms with Crippen LogP contribution in [0.25, 0.3) is 0 Å². The molecule has 0 aromatic carbocycles. The van der Waals surface area contributed by atoms with Crippen LogP contribution in [0.1, 0.15) is 32.1 Å². The van der Waals surface area contributed by atoms with Crippen molar-refractivity contribution in [2.75, 3.05) is 13.1 Å². The van der Waals surface area contributed by atoms with Gasteiger partial charge in [0.2, 0.25) is 0 Å². The molecule has 3 aliphatic carbocycles. The van der Waals surface area contributed by atoms with Crippen molar-refractivity contribution >= 4 is 12.0 Å². The van der Waals surface area contributed by atoms with E-state index in [1.54, 1.807) is 4.90 Å². The molecule has 2 bridgehead atoms. The average molecular weight is 278 g/mol. The summed E-state index contributed by atoms with van der Waals surface area (Å²) in [4.78, 5) is 25.1. The van der Waals surface area contributed by atoms with Crippen LogP contribution in [0.2, 0.25) is 0 Å². The summed E-state index contributed by atoms with van der Waals surface area (Å²) in [5, 5.41) is 12.3. The maximum absolute atomic E-state index is 12.3. The van der Waals surface area contributed by atoms with E-state index in [-0.39, 0.29) is 11.9 Å². The molecule has 2 amide bonds. The zero-order valence-corrected chi connectivity index (χ0v) is 11.6. The van der Waals surface area contributed by atoms with Crippen molar-refractivity contribution in [3.05, 3.63) is 0 Å². The molecule has 5 heteroatoms. The Morgan fingerprint density at radius 2 is 1.80 bits per heavy atom. The number of hydrogen-bond acceptors (Lipinski definition) is 2. The van der Waals surface area contributed by atoms with E-state index in [1.807, 2.05) is 0 Å². The number of nitrogens with one attached hydrogen (secondary N) is 1. The maximum Gasteiger partial charge on any atom is 0.317 e. The SMILES string of the molecule is O=C(O)[C@H]1CCCN(C(=O)NC2C3C4CCC(C4)C23)C1. The van der Waals surface area contributed by atoms with Crippen LogP contribution >= 0.6 is 0 Å². The second-order valence-electron chi connectivity index (χ2n) is 7.09. The van der Waals surface area contributed by atoms with E-state index in [1.165, 1.54) is 19.3 Å². The second kappa shape index (κ2) is 4.37. The van der Waals surface area contributed by atoms with E-state index >= 15 is 0 Å². The number of urea groups is 1. The Kier molecular flexibility index (Phi) is 2.72. The number of fused-ring (bicyclic) bond motifs is 5. The zero-order valence-electron chi connectivity index (χ0n) is 11.6. The van der Waals surface area contributed by atoms with Crippen molar-refractivity contribution in [1.29, 1.82) is 0 Å². The van der Waals surface area contributed by atoms with Crippen LogP contribution in [0.5, 0.6) is 0 Å². The Morgan fingerprint density at radius 3 is 2.45 bits per heavy atom. The summed E-state index contributed by atoms with van der Waals surface area (Å²) in [5.41, 5.74) is 0. The quantitative estimate of drug-likeness (QED) is 0.805. The molecule has 5 nitrogen and oxygen atoms in total. The van der Waals surface area contributed by atoms with Crippen molar-refractivity contribution in [2.45, 2.75) is 38.1 Å². The average Bonchev–Trinajstić information content (AvgIpc) is 2.84. The van der Waals surface area contributed by atoms with E-state index in [4.69, 9.17) is 5.11 Å². The third-order valence-electron chi connectivity index (χ3n) is 6.08. The minimum atomic E-state index is -0.774. The van der Waals surface area contributed by atoms with Gasteiger partial charge in [0.25, 0.3) is 0 Å². The van der Waals surface area contributed by atoms with Gasteiger partial charge in [0.1, 0.15) is 0 Å². The van der Waals surface area contributed by atoms with Gasteiger partial charge in [0.15, 0.2) is 0 Å². The molecule has 0 spiro atoms. The van der Waals surface area contributed by atoms with Crippen molar-refractivity contribution < 1.29 is 14.7 Å². The number of amides is 2. The normalized spacial score (nSPS) is 45.1. The third kappa shape index (κ3) is 1.82. The number of carbonyl (C=O) groups excluding carboxylic acids is 1. The number of rotatable bonds is 2. The first kappa shape index (κ1) is 12.5. The van der Waals surface area contributed by atoms with Gasteiger partial charge in [0, 0.05) is 19.1 Å². The summed E-state index contributed by atoms with van der Waals surface area (Å²) in [6.07, 6.45) is 5.57. The first-order chi connectivity index (χ1) is 9.65. The number of aliphatic carboxylic acids is 1. The largest absolute Gasteiger partial charge is 0.481 e. The number of likely N-dealkylation sites (tertiary alicyclic amines) is 1. The Balaban J connectivity index is 1.34. The van der Waals surface area contributed by atoms with Crippen LogP contribution in [0, 0.1) is 29.6 Å². The number of piperidine rings is 1. The van der Waals surface area contributed by atoms with Crippen molar-refractivity contribution in [2.24, 2.45) is 29.6 Å². The van der Waals surface area contributed by atoms with Crippen LogP contribution in [0.3, 0.4) is 0 Å². The predicted molar refractivity (Wildman–Crippen MR) is 72.1 cm³/mol. The van der Waals surface area contributed by atoms with E-state index in [0.717, 1.165) is 30.1 Å². The fourth-order valence-electron chi connectivity index (χ4n) is 5.12. The van der Waals surface area contributed by atoms with Gasteiger partial charge in [-0.3, -0.25) is 4.79 Å². The van der Waals surface area contributed by atoms with Crippen molar-refractivity contribution in [1.82, 2.24) is 10.2 Å². The van der Waals surface area contributed by atoms with E-state index in [9.17, 15) is 9.59 Å². The van der Waals surface area contributed by atoms with Crippen LogP contribution in [0.4, 0.5) is 4.79 Å². The molecule has 1 heterocycles. The minimum absolute atomic E-state index is 0.0326. The molecule has 4 unspecified atom stereocenters. The summed E-state index contributed by atoms with van der Waals surface area (Å²) < 4.78 is 0. The molecule has 4 aliphatic rings. The first-order valence-electron chi connectivity index (χ1n) is 7.93. The van der Waals surface area contributed by atoms with Crippen molar-refractivity contribution in [3.63, 3.8) is 0 Å². The molecular weight excluding hydrogens is 256 g/mol. The molecule has 0 radical (unpaired) electrons. The fourth-order valence-corrected chi connectivity index (χ4v) is 5.12.